The summed E-state index contributed by atoms with van der Waals surface area (Å²) in [5.41, 5.74) is 1.98. The molecule has 2 aromatic rings. The van der Waals surface area contributed by atoms with E-state index in [9.17, 15) is 14.4 Å². The molecule has 0 spiro atoms. The molecule has 0 aromatic heterocycles. The highest BCUT2D eigenvalue weighted by molar-refractivity contribution is 6.04. The minimum Gasteiger partial charge on any atom is -0.434 e. The van der Waals surface area contributed by atoms with E-state index < -0.39 is 6.16 Å². The van der Waals surface area contributed by atoms with Crippen molar-refractivity contribution < 1.29 is 23.9 Å². The van der Waals surface area contributed by atoms with E-state index in [2.05, 4.69) is 10.6 Å². The van der Waals surface area contributed by atoms with E-state index in [-0.39, 0.29) is 18.4 Å². The highest BCUT2D eigenvalue weighted by Crippen LogP contribution is 2.26. The Morgan fingerprint density at radius 1 is 1.00 bits per heavy atom. The van der Waals surface area contributed by atoms with Gasteiger partial charge in [-0.25, -0.2) is 4.79 Å². The minimum absolute atomic E-state index is 0.0801. The highest BCUT2D eigenvalue weighted by atomic mass is 16.7. The first kappa shape index (κ1) is 23.3. The van der Waals surface area contributed by atoms with Gasteiger partial charge >= 0.3 is 6.16 Å². The molecule has 1 fully saturated rings. The Hall–Kier alpha value is -3.35. The molecule has 0 unspecified atom stereocenters. The maximum atomic E-state index is 12.5. The predicted molar refractivity (Wildman–Crippen MR) is 122 cm³/mol. The van der Waals surface area contributed by atoms with Gasteiger partial charge in [0, 0.05) is 24.2 Å². The zero-order valence-electron chi connectivity index (χ0n) is 18.4. The van der Waals surface area contributed by atoms with Crippen LogP contribution >= 0.6 is 0 Å². The van der Waals surface area contributed by atoms with E-state index in [0.29, 0.717) is 35.9 Å². The fourth-order valence-corrected chi connectivity index (χ4v) is 3.81. The Balaban J connectivity index is 1.49. The van der Waals surface area contributed by atoms with Crippen molar-refractivity contribution in [3.05, 3.63) is 59.7 Å². The molecule has 2 N–H and O–H groups in total. The van der Waals surface area contributed by atoms with Crippen LogP contribution in [-0.4, -0.2) is 24.6 Å². The molecule has 1 aliphatic rings. The summed E-state index contributed by atoms with van der Waals surface area (Å²) >= 11 is 0. The van der Waals surface area contributed by atoms with Crippen LogP contribution in [0.25, 0.3) is 0 Å². The van der Waals surface area contributed by atoms with Crippen molar-refractivity contribution in [1.29, 1.82) is 0 Å². The second kappa shape index (κ2) is 11.9. The van der Waals surface area contributed by atoms with E-state index in [0.717, 1.165) is 18.4 Å². The van der Waals surface area contributed by atoms with Gasteiger partial charge in [-0.05, 0) is 67.6 Å². The molecule has 2 aromatic carbocycles. The van der Waals surface area contributed by atoms with Crippen molar-refractivity contribution in [2.75, 3.05) is 11.9 Å². The summed E-state index contributed by atoms with van der Waals surface area (Å²) in [5.74, 6) is 0.594. The molecule has 0 heterocycles. The van der Waals surface area contributed by atoms with Crippen molar-refractivity contribution in [1.82, 2.24) is 5.32 Å². The average Bonchev–Trinajstić information content (AvgIpc) is 2.79. The molecule has 0 saturated heterocycles. The third kappa shape index (κ3) is 7.41. The second-order valence-electron chi connectivity index (χ2n) is 7.95. The van der Waals surface area contributed by atoms with Gasteiger partial charge in [0.25, 0.3) is 5.91 Å². The molecule has 32 heavy (non-hydrogen) atoms. The maximum absolute atomic E-state index is 12.5. The number of hydrogen-bond acceptors (Lipinski definition) is 5. The van der Waals surface area contributed by atoms with E-state index in [1.54, 1.807) is 25.1 Å². The summed E-state index contributed by atoms with van der Waals surface area (Å²) < 4.78 is 9.71. The lowest BCUT2D eigenvalue weighted by Crippen LogP contribution is -2.26. The summed E-state index contributed by atoms with van der Waals surface area (Å²) in [6.07, 6.45) is 5.82. The molecular formula is C25H30N2O5. The summed E-state index contributed by atoms with van der Waals surface area (Å²) in [4.78, 5) is 36.1. The molecule has 2 amide bonds. The van der Waals surface area contributed by atoms with Crippen molar-refractivity contribution in [2.45, 2.75) is 52.0 Å². The van der Waals surface area contributed by atoms with Crippen LogP contribution < -0.4 is 15.4 Å². The molecule has 0 bridgehead atoms. The van der Waals surface area contributed by atoms with E-state index in [1.165, 1.54) is 31.4 Å². The SMILES string of the molecule is CCOC(=O)Oc1ccc(C(=O)Nc2cccc(CNC(=O)CC3CCCCC3)c2)cc1. The Bertz CT molecular complexity index is 920. The van der Waals surface area contributed by atoms with Crippen LogP contribution in [0, 0.1) is 5.92 Å². The lowest BCUT2D eigenvalue weighted by molar-refractivity contribution is -0.122. The molecule has 0 radical (unpaired) electrons. The van der Waals surface area contributed by atoms with Crippen molar-refractivity contribution in [3.63, 3.8) is 0 Å². The average molecular weight is 439 g/mol. The fraction of sp³-hybridized carbons (Fsp3) is 0.400. The van der Waals surface area contributed by atoms with Crippen molar-refractivity contribution >= 4 is 23.7 Å². The molecule has 1 saturated carbocycles. The Morgan fingerprint density at radius 3 is 2.47 bits per heavy atom. The number of carbonyl (C=O) groups excluding carboxylic acids is 3. The number of rotatable bonds is 8. The first-order valence-corrected chi connectivity index (χ1v) is 11.1. The van der Waals surface area contributed by atoms with E-state index in [4.69, 9.17) is 9.47 Å². The van der Waals surface area contributed by atoms with Crippen LogP contribution in [0.3, 0.4) is 0 Å². The van der Waals surface area contributed by atoms with Gasteiger partial charge in [0.2, 0.25) is 5.91 Å². The van der Waals surface area contributed by atoms with Gasteiger partial charge in [0.1, 0.15) is 5.75 Å². The zero-order valence-corrected chi connectivity index (χ0v) is 18.4. The predicted octanol–water partition coefficient (Wildman–Crippen LogP) is 5.06. The number of hydrogen-bond donors (Lipinski definition) is 2. The summed E-state index contributed by atoms with van der Waals surface area (Å²) in [5, 5.41) is 5.83. The number of anilines is 1. The maximum Gasteiger partial charge on any atom is 0.513 e. The lowest BCUT2D eigenvalue weighted by Gasteiger charge is -2.20. The molecule has 170 valence electrons. The number of nitrogens with one attached hydrogen (secondary N) is 2. The first-order valence-electron chi connectivity index (χ1n) is 11.1. The molecule has 0 aliphatic heterocycles. The molecule has 0 atom stereocenters. The molecule has 7 nitrogen and oxygen atoms in total. The smallest absolute Gasteiger partial charge is 0.434 e. The summed E-state index contributed by atoms with van der Waals surface area (Å²) in [6.45, 7) is 2.34. The van der Waals surface area contributed by atoms with Crippen LogP contribution in [0.1, 0.15) is 61.4 Å². The van der Waals surface area contributed by atoms with Crippen LogP contribution in [0.4, 0.5) is 10.5 Å². The van der Waals surface area contributed by atoms with Gasteiger partial charge in [0.05, 0.1) is 6.61 Å². The molecular weight excluding hydrogens is 408 g/mol. The Kier molecular flexibility index (Phi) is 8.66. The minimum atomic E-state index is -0.785. The third-order valence-corrected chi connectivity index (χ3v) is 5.45. The van der Waals surface area contributed by atoms with Gasteiger partial charge in [-0.2, -0.15) is 0 Å². The normalized spacial score (nSPS) is 13.8. The van der Waals surface area contributed by atoms with Crippen molar-refractivity contribution in [2.24, 2.45) is 5.92 Å². The third-order valence-electron chi connectivity index (χ3n) is 5.45. The lowest BCUT2D eigenvalue weighted by atomic mass is 9.87. The molecule has 3 rings (SSSR count). The van der Waals surface area contributed by atoms with E-state index >= 15 is 0 Å². The summed E-state index contributed by atoms with van der Waals surface area (Å²) in [6, 6.07) is 13.6. The van der Waals surface area contributed by atoms with Gasteiger partial charge < -0.3 is 20.1 Å². The van der Waals surface area contributed by atoms with Crippen LogP contribution in [-0.2, 0) is 16.1 Å². The second-order valence-corrected chi connectivity index (χ2v) is 7.95. The molecule has 7 heteroatoms. The molecule has 1 aliphatic carbocycles. The monoisotopic (exact) mass is 438 g/mol. The van der Waals surface area contributed by atoms with Gasteiger partial charge in [-0.15, -0.1) is 0 Å². The van der Waals surface area contributed by atoms with Gasteiger partial charge in [0.15, 0.2) is 0 Å². The van der Waals surface area contributed by atoms with E-state index in [1.807, 2.05) is 18.2 Å². The Labute approximate surface area is 188 Å². The number of carbonyl (C=O) groups is 3. The number of amides is 2. The quantitative estimate of drug-likeness (QED) is 0.444. The fourth-order valence-electron chi connectivity index (χ4n) is 3.81. The highest BCUT2D eigenvalue weighted by Gasteiger charge is 2.17. The Morgan fingerprint density at radius 2 is 1.75 bits per heavy atom. The zero-order chi connectivity index (χ0) is 22.8. The van der Waals surface area contributed by atoms with Gasteiger partial charge in [-0.1, -0.05) is 31.4 Å². The standard InChI is InChI=1S/C25H30N2O5/c1-2-31-25(30)32-22-13-11-20(12-14-22)24(29)27-21-10-6-9-19(15-21)17-26-23(28)16-18-7-4-3-5-8-18/h6,9-15,18H,2-5,7-8,16-17H2,1H3,(H,26,28)(H,27,29). The number of benzene rings is 2. The summed E-state index contributed by atoms with van der Waals surface area (Å²) in [7, 11) is 0. The largest absolute Gasteiger partial charge is 0.513 e. The van der Waals surface area contributed by atoms with Crippen LogP contribution in [0.15, 0.2) is 48.5 Å². The number of ether oxygens (including phenoxy) is 2. The van der Waals surface area contributed by atoms with Crippen LogP contribution in [0.2, 0.25) is 0 Å². The van der Waals surface area contributed by atoms with Crippen molar-refractivity contribution in [3.8, 4) is 5.75 Å². The van der Waals surface area contributed by atoms with Gasteiger partial charge in [-0.3, -0.25) is 9.59 Å². The van der Waals surface area contributed by atoms with Crippen LogP contribution in [0.5, 0.6) is 5.75 Å². The first-order chi connectivity index (χ1) is 15.5. The topological polar surface area (TPSA) is 93.7 Å².